The van der Waals surface area contributed by atoms with E-state index in [0.717, 1.165) is 6.32 Å². The molecular weight excluding hydrogens is 197 g/mol. The normalized spacial score (nSPS) is 15.6. The average molecular weight is 214 g/mol. The van der Waals surface area contributed by atoms with Crippen molar-refractivity contribution in [3.63, 3.8) is 0 Å². The molecule has 15 heavy (non-hydrogen) atoms. The monoisotopic (exact) mass is 214 g/mol. The van der Waals surface area contributed by atoms with Crippen LogP contribution in [0.25, 0.3) is 0 Å². The molecule has 0 aliphatic carbocycles. The molecule has 2 unspecified atom stereocenters. The summed E-state index contributed by atoms with van der Waals surface area (Å²) in [5.41, 5.74) is 0. The number of hydrogen-bond acceptors (Lipinski definition) is 5. The molecule has 0 amide bonds. The maximum Gasteiger partial charge on any atom is 0.110 e. The minimum atomic E-state index is -1.49. The van der Waals surface area contributed by atoms with Gasteiger partial charge in [0.05, 0.1) is 20.4 Å². The van der Waals surface area contributed by atoms with Crippen LogP contribution in [0.15, 0.2) is 0 Å². The first-order valence-corrected chi connectivity index (χ1v) is 4.67. The highest BCUT2D eigenvalue weighted by Crippen LogP contribution is 1.97. The zero-order chi connectivity index (χ0) is 12.3. The van der Waals surface area contributed by atoms with Gasteiger partial charge in [-0.05, 0) is 0 Å². The predicted octanol–water partition coefficient (Wildman–Crippen LogP) is -3.11. The summed E-state index contributed by atoms with van der Waals surface area (Å²) in [5, 5.41) is 42.6. The van der Waals surface area contributed by atoms with E-state index in [2.05, 4.69) is 0 Å². The van der Waals surface area contributed by atoms with Gasteiger partial charge in [-0.25, -0.2) is 0 Å². The van der Waals surface area contributed by atoms with E-state index in [1.54, 1.807) is 7.06 Å². The van der Waals surface area contributed by atoms with Crippen LogP contribution in [-0.2, 0) is 0 Å². The Labute approximate surface area is 93.0 Å². The van der Waals surface area contributed by atoms with Crippen LogP contribution in [0.2, 0.25) is 6.32 Å². The zero-order valence-corrected chi connectivity index (χ0v) is 8.82. The molecule has 5 N–H and O–H groups in total. The van der Waals surface area contributed by atoms with Crippen molar-refractivity contribution >= 4 is 22.0 Å². The van der Waals surface area contributed by atoms with Gasteiger partial charge >= 0.3 is 0 Å². The third-order valence-electron chi connectivity index (χ3n) is 1.53. The van der Waals surface area contributed by atoms with E-state index in [1.807, 2.05) is 14.1 Å². The van der Waals surface area contributed by atoms with Crippen molar-refractivity contribution in [1.82, 2.24) is 0 Å². The van der Waals surface area contributed by atoms with Crippen molar-refractivity contribution in [3.05, 3.63) is 0 Å². The molecule has 0 saturated carbocycles. The lowest BCUT2D eigenvalue weighted by molar-refractivity contribution is -0.0900. The lowest BCUT2D eigenvalue weighted by Crippen LogP contribution is -2.41. The van der Waals surface area contributed by atoms with Crippen molar-refractivity contribution < 1.29 is 25.5 Å². The predicted molar refractivity (Wildman–Crippen MR) is 59.9 cm³/mol. The van der Waals surface area contributed by atoms with E-state index in [-0.39, 0.29) is 0 Å². The highest BCUT2D eigenvalue weighted by Gasteiger charge is 2.22. The molecule has 8 heteroatoms. The first kappa shape index (κ1) is 17.4. The Morgan fingerprint density at radius 1 is 1.07 bits per heavy atom. The van der Waals surface area contributed by atoms with Gasteiger partial charge in [0.2, 0.25) is 0 Å². The maximum atomic E-state index is 8.77. The van der Waals surface area contributed by atoms with Gasteiger partial charge in [-0.3, -0.25) is 0 Å². The Morgan fingerprint density at radius 2 is 1.47 bits per heavy atom. The van der Waals surface area contributed by atoms with Gasteiger partial charge in [-0.1, -0.05) is 13.2 Å². The van der Waals surface area contributed by atoms with Crippen molar-refractivity contribution in [1.29, 1.82) is 0 Å². The van der Waals surface area contributed by atoms with Crippen LogP contribution in [0.5, 0.6) is 0 Å². The Morgan fingerprint density at radius 3 is 1.60 bits per heavy atom. The first-order valence-electron chi connectivity index (χ1n) is 4.67. The quantitative estimate of drug-likeness (QED) is 0.301. The fraction of sp³-hybridized carbons (Fsp3) is 1.00. The zero-order valence-electron chi connectivity index (χ0n) is 8.82. The van der Waals surface area contributed by atoms with Crippen LogP contribution < -0.4 is 0 Å². The van der Waals surface area contributed by atoms with Crippen molar-refractivity contribution in [2.75, 3.05) is 13.2 Å². The van der Waals surface area contributed by atoms with E-state index in [4.69, 9.17) is 33.3 Å². The number of aliphatic hydroxyl groups excluding tert-OH is 5. The minimum Gasteiger partial charge on any atom is -0.394 e. The molecular formula is C7H17B3O5. The van der Waals surface area contributed by atoms with Crippen LogP contribution in [0.4, 0.5) is 0 Å². The first-order chi connectivity index (χ1) is 7.04. The Bertz CT molecular complexity index is 117. The lowest BCUT2D eigenvalue weighted by Gasteiger charge is -2.19. The van der Waals surface area contributed by atoms with Gasteiger partial charge < -0.3 is 25.5 Å². The number of hydrogen-bond donors (Lipinski definition) is 5. The number of aliphatic hydroxyl groups is 5. The van der Waals surface area contributed by atoms with Gasteiger partial charge in [-0.15, -0.1) is 0 Å². The van der Waals surface area contributed by atoms with E-state index in [1.165, 1.54) is 0 Å². The van der Waals surface area contributed by atoms with Gasteiger partial charge in [0.15, 0.2) is 0 Å². The fourth-order valence-corrected chi connectivity index (χ4v) is 0.609. The highest BCUT2D eigenvalue weighted by atomic mass is 16.4. The molecule has 0 aromatic heterocycles. The molecule has 0 fully saturated rings. The van der Waals surface area contributed by atoms with Gasteiger partial charge in [0.1, 0.15) is 18.3 Å². The largest absolute Gasteiger partial charge is 0.394 e. The smallest absolute Gasteiger partial charge is 0.110 e. The molecule has 0 heterocycles. The average Bonchev–Trinajstić information content (AvgIpc) is 2.27. The molecule has 0 aliphatic rings. The Kier molecular flexibility index (Phi) is 14.0. The fourth-order valence-electron chi connectivity index (χ4n) is 0.609. The van der Waals surface area contributed by atoms with Crippen LogP contribution in [0.3, 0.4) is 0 Å². The standard InChI is InChI=1S/C5H12O5.C2H5B3/c6-1-3(8)5(10)4(9)2-7;1-2-4-5-3/h3-10H,1-2H2;2H2,1H3. The maximum absolute atomic E-state index is 8.77. The molecule has 4 radical (unpaired) electrons. The van der Waals surface area contributed by atoms with E-state index in [0.29, 0.717) is 0 Å². The molecule has 0 aromatic rings. The van der Waals surface area contributed by atoms with Gasteiger partial charge in [-0.2, -0.15) is 0 Å². The summed E-state index contributed by atoms with van der Waals surface area (Å²) in [4.78, 5) is 0. The second-order valence-electron chi connectivity index (χ2n) is 2.83. The molecule has 0 aliphatic heterocycles. The summed E-state index contributed by atoms with van der Waals surface area (Å²) >= 11 is 0. The molecule has 2 atom stereocenters. The minimum absolute atomic E-state index is 0.641. The molecule has 5 nitrogen and oxygen atoms in total. The molecule has 0 rings (SSSR count). The highest BCUT2D eigenvalue weighted by molar-refractivity contribution is 7.23. The molecule has 0 saturated heterocycles. The van der Waals surface area contributed by atoms with E-state index < -0.39 is 31.5 Å². The second kappa shape index (κ2) is 12.1. The SMILES string of the molecule is OCC(O)C(O)C(O)CO.[B][B][B]CC. The van der Waals surface area contributed by atoms with Crippen LogP contribution >= 0.6 is 0 Å². The van der Waals surface area contributed by atoms with Gasteiger partial charge in [0, 0.05) is 14.8 Å². The van der Waals surface area contributed by atoms with Crippen molar-refractivity contribution in [2.24, 2.45) is 0 Å². The van der Waals surface area contributed by atoms with E-state index >= 15 is 0 Å². The molecule has 0 aromatic carbocycles. The summed E-state index contributed by atoms with van der Waals surface area (Å²) in [6, 6.07) is 0. The summed E-state index contributed by atoms with van der Waals surface area (Å²) in [6.07, 6.45) is -3.25. The summed E-state index contributed by atoms with van der Waals surface area (Å²) < 4.78 is 0. The van der Waals surface area contributed by atoms with Crippen molar-refractivity contribution in [2.45, 2.75) is 31.6 Å². The van der Waals surface area contributed by atoms with Crippen molar-refractivity contribution in [3.8, 4) is 0 Å². The summed E-state index contributed by atoms with van der Waals surface area (Å²) in [7, 11) is 8.42. The van der Waals surface area contributed by atoms with Crippen LogP contribution in [0, 0.1) is 0 Å². The Balaban J connectivity index is 0. The summed E-state index contributed by atoms with van der Waals surface area (Å²) in [6.45, 7) is 0.764. The second-order valence-corrected chi connectivity index (χ2v) is 2.83. The molecule has 0 spiro atoms. The number of rotatable bonds is 6. The lowest BCUT2D eigenvalue weighted by atomic mass is 9.27. The summed E-state index contributed by atoms with van der Waals surface area (Å²) in [5.74, 6) is 0. The van der Waals surface area contributed by atoms with Crippen LogP contribution in [-0.4, -0.2) is 79.0 Å². The molecule has 84 valence electrons. The third kappa shape index (κ3) is 10.3. The third-order valence-corrected chi connectivity index (χ3v) is 1.53. The van der Waals surface area contributed by atoms with E-state index in [9.17, 15) is 0 Å². The molecule has 0 bridgehead atoms. The Hall–Kier alpha value is -0.00519. The van der Waals surface area contributed by atoms with Gasteiger partial charge in [0.25, 0.3) is 0 Å². The topological polar surface area (TPSA) is 101 Å². The van der Waals surface area contributed by atoms with Crippen LogP contribution in [0.1, 0.15) is 6.92 Å².